The molecule has 2 N–H and O–H groups in total. The molecule has 8 heteroatoms. The van der Waals surface area contributed by atoms with Crippen LogP contribution in [0.1, 0.15) is 10.4 Å². The van der Waals surface area contributed by atoms with Gasteiger partial charge in [-0.1, -0.05) is 6.07 Å². The zero-order chi connectivity index (χ0) is 15.9. The third kappa shape index (κ3) is 2.22. The van der Waals surface area contributed by atoms with E-state index in [9.17, 15) is 31.1 Å². The van der Waals surface area contributed by atoms with E-state index in [1.165, 1.54) is 0 Å². The second-order valence-corrected chi connectivity index (χ2v) is 3.97. The number of carbonyl (C=O) groups excluding carboxylic acids is 1. The van der Waals surface area contributed by atoms with Crippen LogP contribution in [0.25, 0.3) is 11.1 Å². The van der Waals surface area contributed by atoms with Crippen molar-refractivity contribution in [2.24, 2.45) is 5.73 Å². The monoisotopic (exact) mass is 305 g/mol. The van der Waals surface area contributed by atoms with Gasteiger partial charge in [-0.05, 0) is 12.1 Å². The molecule has 2 aromatic carbocycles. The Labute approximate surface area is 113 Å². The van der Waals surface area contributed by atoms with Crippen molar-refractivity contribution in [1.82, 2.24) is 0 Å². The van der Waals surface area contributed by atoms with E-state index in [1.54, 1.807) is 0 Å². The molecule has 0 bridgehead atoms. The molecule has 2 rings (SSSR count). The summed E-state index contributed by atoms with van der Waals surface area (Å²) in [6.45, 7) is 0. The maximum absolute atomic E-state index is 13.7. The molecule has 0 spiro atoms. The van der Waals surface area contributed by atoms with Gasteiger partial charge >= 0.3 is 0 Å². The normalized spacial score (nSPS) is 10.8. The SMILES string of the molecule is NC(=O)c1cccc(F)c1-c1c(F)c(F)c(F)c(F)c1F. The summed E-state index contributed by atoms with van der Waals surface area (Å²) >= 11 is 0. The summed E-state index contributed by atoms with van der Waals surface area (Å²) in [5.41, 5.74) is 1.58. The van der Waals surface area contributed by atoms with Crippen LogP contribution in [-0.2, 0) is 0 Å². The van der Waals surface area contributed by atoms with Gasteiger partial charge in [0.25, 0.3) is 0 Å². The third-order valence-electron chi connectivity index (χ3n) is 2.74. The first-order chi connectivity index (χ1) is 9.77. The first kappa shape index (κ1) is 14.9. The number of halogens is 6. The number of rotatable bonds is 2. The smallest absolute Gasteiger partial charge is 0.249 e. The molecule has 0 aromatic heterocycles. The fraction of sp³-hybridized carbons (Fsp3) is 0. The fourth-order valence-corrected chi connectivity index (χ4v) is 1.81. The van der Waals surface area contributed by atoms with Crippen molar-refractivity contribution in [1.29, 1.82) is 0 Å². The Hall–Kier alpha value is -2.51. The molecule has 2 nitrogen and oxygen atoms in total. The number of hydrogen-bond donors (Lipinski definition) is 1. The zero-order valence-electron chi connectivity index (χ0n) is 9.99. The topological polar surface area (TPSA) is 43.1 Å². The summed E-state index contributed by atoms with van der Waals surface area (Å²) in [4.78, 5) is 11.2. The molecule has 0 atom stereocenters. The van der Waals surface area contributed by atoms with Gasteiger partial charge in [0.2, 0.25) is 11.7 Å². The van der Waals surface area contributed by atoms with E-state index in [-0.39, 0.29) is 0 Å². The van der Waals surface area contributed by atoms with Crippen molar-refractivity contribution >= 4 is 5.91 Å². The molecule has 1 amide bonds. The van der Waals surface area contributed by atoms with E-state index in [0.29, 0.717) is 6.07 Å². The minimum Gasteiger partial charge on any atom is -0.366 e. The molecule has 0 unspecified atom stereocenters. The molecule has 0 aliphatic heterocycles. The highest BCUT2D eigenvalue weighted by molar-refractivity contribution is 6.00. The lowest BCUT2D eigenvalue weighted by atomic mass is 9.97. The maximum atomic E-state index is 13.7. The number of amides is 1. The predicted molar refractivity (Wildman–Crippen MR) is 60.1 cm³/mol. The summed E-state index contributed by atoms with van der Waals surface area (Å²) in [6.07, 6.45) is 0. The minimum absolute atomic E-state index is 0.694. The van der Waals surface area contributed by atoms with Crippen LogP contribution < -0.4 is 5.73 Å². The Balaban J connectivity index is 2.96. The van der Waals surface area contributed by atoms with Crippen LogP contribution in [0.4, 0.5) is 26.3 Å². The Kier molecular flexibility index (Phi) is 3.63. The van der Waals surface area contributed by atoms with Gasteiger partial charge in [0.15, 0.2) is 23.3 Å². The van der Waals surface area contributed by atoms with E-state index in [0.717, 1.165) is 12.1 Å². The Morgan fingerprint density at radius 3 is 1.71 bits per heavy atom. The highest BCUT2D eigenvalue weighted by Gasteiger charge is 2.30. The van der Waals surface area contributed by atoms with E-state index < -0.39 is 57.5 Å². The fourth-order valence-electron chi connectivity index (χ4n) is 1.81. The Bertz CT molecular complexity index is 730. The molecule has 0 saturated heterocycles. The molecule has 0 heterocycles. The van der Waals surface area contributed by atoms with Gasteiger partial charge in [-0.2, -0.15) is 0 Å². The molecule has 21 heavy (non-hydrogen) atoms. The number of hydrogen-bond acceptors (Lipinski definition) is 1. The molecule has 2 aromatic rings. The number of nitrogens with two attached hydrogens (primary N) is 1. The number of carbonyl (C=O) groups is 1. The van der Waals surface area contributed by atoms with Crippen LogP contribution in [-0.4, -0.2) is 5.91 Å². The second-order valence-electron chi connectivity index (χ2n) is 3.97. The summed E-state index contributed by atoms with van der Waals surface area (Å²) in [6, 6.07) is 2.60. The van der Waals surface area contributed by atoms with Crippen molar-refractivity contribution in [2.75, 3.05) is 0 Å². The molecule has 110 valence electrons. The summed E-state index contributed by atoms with van der Waals surface area (Å²) in [5.74, 6) is -14.0. The predicted octanol–water partition coefficient (Wildman–Crippen LogP) is 3.29. The average Bonchev–Trinajstić information content (AvgIpc) is 2.44. The Morgan fingerprint density at radius 1 is 0.762 bits per heavy atom. The van der Waals surface area contributed by atoms with Crippen LogP contribution >= 0.6 is 0 Å². The molecule has 0 aliphatic carbocycles. The largest absolute Gasteiger partial charge is 0.366 e. The molecular weight excluding hydrogens is 300 g/mol. The first-order valence-corrected chi connectivity index (χ1v) is 5.37. The third-order valence-corrected chi connectivity index (χ3v) is 2.74. The molecule has 0 fully saturated rings. The minimum atomic E-state index is -2.38. The zero-order valence-corrected chi connectivity index (χ0v) is 9.99. The van der Waals surface area contributed by atoms with Crippen molar-refractivity contribution in [3.05, 3.63) is 58.7 Å². The number of primary amides is 1. The van der Waals surface area contributed by atoms with E-state index >= 15 is 0 Å². The number of benzene rings is 2. The molecule has 0 saturated carbocycles. The van der Waals surface area contributed by atoms with Crippen molar-refractivity contribution in [3.8, 4) is 11.1 Å². The second kappa shape index (κ2) is 5.12. The van der Waals surface area contributed by atoms with Gasteiger partial charge in [-0.15, -0.1) is 0 Å². The molecule has 0 radical (unpaired) electrons. The van der Waals surface area contributed by atoms with Crippen molar-refractivity contribution in [3.63, 3.8) is 0 Å². The van der Waals surface area contributed by atoms with Crippen LogP contribution in [0.2, 0.25) is 0 Å². The van der Waals surface area contributed by atoms with E-state index in [1.807, 2.05) is 0 Å². The van der Waals surface area contributed by atoms with Gasteiger partial charge in [0.1, 0.15) is 5.82 Å². The van der Waals surface area contributed by atoms with Crippen molar-refractivity contribution < 1.29 is 31.1 Å². The highest BCUT2D eigenvalue weighted by atomic mass is 19.2. The van der Waals surface area contributed by atoms with Crippen LogP contribution in [0, 0.1) is 34.9 Å². The van der Waals surface area contributed by atoms with Gasteiger partial charge in [-0.3, -0.25) is 4.79 Å². The van der Waals surface area contributed by atoms with E-state index in [4.69, 9.17) is 5.73 Å². The van der Waals surface area contributed by atoms with Gasteiger partial charge < -0.3 is 5.73 Å². The molecular formula is C13H5F6NO. The molecule has 0 aliphatic rings. The van der Waals surface area contributed by atoms with Crippen LogP contribution in [0.15, 0.2) is 18.2 Å². The lowest BCUT2D eigenvalue weighted by Gasteiger charge is -2.12. The lowest BCUT2D eigenvalue weighted by molar-refractivity contribution is 0.100. The van der Waals surface area contributed by atoms with Crippen molar-refractivity contribution in [2.45, 2.75) is 0 Å². The summed E-state index contributed by atoms with van der Waals surface area (Å²) in [7, 11) is 0. The standard InChI is InChI=1S/C13H5F6NO/c14-5-3-1-2-4(13(20)21)6(5)7-8(15)10(17)12(19)11(18)9(7)16/h1-3H,(H2,20,21). The maximum Gasteiger partial charge on any atom is 0.249 e. The lowest BCUT2D eigenvalue weighted by Crippen LogP contribution is -2.15. The quantitative estimate of drug-likeness (QED) is 0.516. The van der Waals surface area contributed by atoms with Crippen LogP contribution in [0.5, 0.6) is 0 Å². The summed E-state index contributed by atoms with van der Waals surface area (Å²) in [5, 5.41) is 0. The average molecular weight is 305 g/mol. The Morgan fingerprint density at radius 2 is 1.24 bits per heavy atom. The highest BCUT2D eigenvalue weighted by Crippen LogP contribution is 2.35. The van der Waals surface area contributed by atoms with E-state index in [2.05, 4.69) is 0 Å². The van der Waals surface area contributed by atoms with Gasteiger partial charge in [-0.25, -0.2) is 26.3 Å². The van der Waals surface area contributed by atoms with Gasteiger partial charge in [0.05, 0.1) is 11.1 Å². The van der Waals surface area contributed by atoms with Gasteiger partial charge in [0, 0.05) is 5.56 Å². The summed E-state index contributed by atoms with van der Waals surface area (Å²) < 4.78 is 80.4. The van der Waals surface area contributed by atoms with Crippen LogP contribution in [0.3, 0.4) is 0 Å². The first-order valence-electron chi connectivity index (χ1n) is 5.37.